The second kappa shape index (κ2) is 9.85. The van der Waals surface area contributed by atoms with E-state index < -0.39 is 0 Å². The third-order valence-electron chi connectivity index (χ3n) is 4.68. The van der Waals surface area contributed by atoms with E-state index in [-0.39, 0.29) is 18.2 Å². The number of nitrogens with zero attached hydrogens (tertiary/aromatic N) is 3. The number of carbonyl (C=O) groups is 2. The molecule has 0 radical (unpaired) electrons. The zero-order valence-corrected chi connectivity index (χ0v) is 16.1. The molecule has 2 aromatic rings. The van der Waals surface area contributed by atoms with Gasteiger partial charge >= 0.3 is 0 Å². The van der Waals surface area contributed by atoms with Gasteiger partial charge in [0.15, 0.2) is 0 Å². The van der Waals surface area contributed by atoms with E-state index in [1.54, 1.807) is 17.3 Å². The van der Waals surface area contributed by atoms with Gasteiger partial charge in [0.1, 0.15) is 0 Å². The van der Waals surface area contributed by atoms with Gasteiger partial charge in [-0.05, 0) is 23.8 Å². The Morgan fingerprint density at radius 2 is 1.96 bits per heavy atom. The van der Waals surface area contributed by atoms with Gasteiger partial charge < -0.3 is 19.9 Å². The summed E-state index contributed by atoms with van der Waals surface area (Å²) in [6.07, 6.45) is 3.66. The third kappa shape index (κ3) is 5.53. The molecule has 1 fully saturated rings. The number of hydrogen-bond acceptors (Lipinski definition) is 5. The zero-order chi connectivity index (χ0) is 19.8. The van der Waals surface area contributed by atoms with Gasteiger partial charge in [0, 0.05) is 51.9 Å². The first kappa shape index (κ1) is 19.8. The van der Waals surface area contributed by atoms with Crippen LogP contribution in [-0.4, -0.2) is 54.5 Å². The van der Waals surface area contributed by atoms with Crippen LogP contribution in [0.15, 0.2) is 48.8 Å². The van der Waals surface area contributed by atoms with Crippen LogP contribution in [0, 0.1) is 0 Å². The summed E-state index contributed by atoms with van der Waals surface area (Å²) in [4.78, 5) is 32.4. The highest BCUT2D eigenvalue weighted by Crippen LogP contribution is 2.26. The van der Waals surface area contributed by atoms with E-state index in [0.717, 1.165) is 30.0 Å². The number of pyridine rings is 1. The van der Waals surface area contributed by atoms with E-state index in [4.69, 9.17) is 4.74 Å². The Balaban J connectivity index is 1.58. The molecule has 2 heterocycles. The van der Waals surface area contributed by atoms with Crippen molar-refractivity contribution in [3.05, 3.63) is 54.4 Å². The van der Waals surface area contributed by atoms with Crippen LogP contribution in [0.5, 0.6) is 0 Å². The molecule has 0 bridgehead atoms. The van der Waals surface area contributed by atoms with Crippen LogP contribution in [-0.2, 0) is 20.9 Å². The molecule has 0 atom stereocenters. The summed E-state index contributed by atoms with van der Waals surface area (Å²) in [6.45, 7) is 5.29. The average Bonchev–Trinajstić information content (AvgIpc) is 2.72. The molecule has 7 nitrogen and oxygen atoms in total. The van der Waals surface area contributed by atoms with E-state index in [0.29, 0.717) is 26.3 Å². The van der Waals surface area contributed by atoms with Crippen molar-refractivity contribution in [2.75, 3.05) is 43.1 Å². The molecule has 28 heavy (non-hydrogen) atoms. The first-order chi connectivity index (χ1) is 13.6. The van der Waals surface area contributed by atoms with E-state index in [9.17, 15) is 9.59 Å². The van der Waals surface area contributed by atoms with Crippen molar-refractivity contribution in [3.63, 3.8) is 0 Å². The summed E-state index contributed by atoms with van der Waals surface area (Å²) in [5.41, 5.74) is 2.73. The number of morpholine rings is 1. The van der Waals surface area contributed by atoms with Crippen LogP contribution in [0.25, 0.3) is 0 Å². The minimum Gasteiger partial charge on any atom is -0.378 e. The van der Waals surface area contributed by atoms with Crippen LogP contribution in [0.1, 0.15) is 18.9 Å². The third-order valence-corrected chi connectivity index (χ3v) is 4.68. The van der Waals surface area contributed by atoms with E-state index in [1.165, 1.54) is 6.92 Å². The second-order valence-corrected chi connectivity index (χ2v) is 6.72. The monoisotopic (exact) mass is 382 g/mol. The lowest BCUT2D eigenvalue weighted by Crippen LogP contribution is -2.37. The van der Waals surface area contributed by atoms with Gasteiger partial charge in [-0.15, -0.1) is 0 Å². The van der Waals surface area contributed by atoms with Crippen LogP contribution in [0.2, 0.25) is 0 Å². The summed E-state index contributed by atoms with van der Waals surface area (Å²) in [6, 6.07) is 11.5. The quantitative estimate of drug-likeness (QED) is 0.795. The maximum Gasteiger partial charge on any atom is 0.226 e. The van der Waals surface area contributed by atoms with Crippen molar-refractivity contribution in [2.45, 2.75) is 19.9 Å². The molecule has 1 aliphatic heterocycles. The Bertz CT molecular complexity index is 791. The Morgan fingerprint density at radius 1 is 1.18 bits per heavy atom. The first-order valence-electron chi connectivity index (χ1n) is 9.49. The molecular weight excluding hydrogens is 356 g/mol. The van der Waals surface area contributed by atoms with Crippen molar-refractivity contribution < 1.29 is 14.3 Å². The average molecular weight is 382 g/mol. The standard InChI is InChI=1S/C21H26N4O3/c1-17(26)25(16-18-5-4-9-22-15-18)10-8-21(27)23-19-6-2-3-7-20(19)24-11-13-28-14-12-24/h2-7,9,15H,8,10-14,16H2,1H3,(H,23,27). The molecule has 0 unspecified atom stereocenters. The van der Waals surface area contributed by atoms with Gasteiger partial charge in [-0.2, -0.15) is 0 Å². The first-order valence-corrected chi connectivity index (χ1v) is 9.49. The van der Waals surface area contributed by atoms with Crippen molar-refractivity contribution >= 4 is 23.2 Å². The van der Waals surface area contributed by atoms with Gasteiger partial charge in [-0.25, -0.2) is 0 Å². The molecule has 1 saturated heterocycles. The van der Waals surface area contributed by atoms with Crippen LogP contribution in [0.3, 0.4) is 0 Å². The number of carbonyl (C=O) groups excluding carboxylic acids is 2. The number of rotatable bonds is 7. The number of benzene rings is 1. The molecule has 0 spiro atoms. The highest BCUT2D eigenvalue weighted by Gasteiger charge is 2.17. The van der Waals surface area contributed by atoms with E-state index in [1.807, 2.05) is 36.4 Å². The molecule has 3 rings (SSSR count). The minimum atomic E-state index is -0.113. The van der Waals surface area contributed by atoms with E-state index >= 15 is 0 Å². The second-order valence-electron chi connectivity index (χ2n) is 6.72. The van der Waals surface area contributed by atoms with Crippen LogP contribution in [0.4, 0.5) is 11.4 Å². The fraction of sp³-hybridized carbons (Fsp3) is 0.381. The van der Waals surface area contributed by atoms with Gasteiger partial charge in [-0.3, -0.25) is 14.6 Å². The van der Waals surface area contributed by atoms with Gasteiger partial charge in [0.2, 0.25) is 11.8 Å². The number of aromatic nitrogens is 1. The number of amides is 2. The minimum absolute atomic E-state index is 0.0645. The smallest absolute Gasteiger partial charge is 0.226 e. The molecule has 1 aliphatic rings. The predicted octanol–water partition coefficient (Wildman–Crippen LogP) is 2.30. The summed E-state index contributed by atoms with van der Waals surface area (Å²) >= 11 is 0. The summed E-state index contributed by atoms with van der Waals surface area (Å²) in [5.74, 6) is -0.177. The lowest BCUT2D eigenvalue weighted by Gasteiger charge is -2.30. The van der Waals surface area contributed by atoms with Crippen molar-refractivity contribution in [1.29, 1.82) is 0 Å². The molecule has 0 aliphatic carbocycles. The topological polar surface area (TPSA) is 74.8 Å². The molecule has 0 saturated carbocycles. The zero-order valence-electron chi connectivity index (χ0n) is 16.1. The Labute approximate surface area is 165 Å². The molecule has 148 valence electrons. The van der Waals surface area contributed by atoms with Crippen molar-refractivity contribution in [3.8, 4) is 0 Å². The molecule has 7 heteroatoms. The van der Waals surface area contributed by atoms with E-state index in [2.05, 4.69) is 15.2 Å². The fourth-order valence-electron chi connectivity index (χ4n) is 3.17. The lowest BCUT2D eigenvalue weighted by molar-refractivity contribution is -0.129. The lowest BCUT2D eigenvalue weighted by atomic mass is 10.2. The SMILES string of the molecule is CC(=O)N(CCC(=O)Nc1ccccc1N1CCOCC1)Cc1cccnc1. The number of para-hydroxylation sites is 2. The fourth-order valence-corrected chi connectivity index (χ4v) is 3.17. The molecule has 1 aromatic carbocycles. The van der Waals surface area contributed by atoms with Crippen LogP contribution < -0.4 is 10.2 Å². The Morgan fingerprint density at radius 3 is 2.68 bits per heavy atom. The van der Waals surface area contributed by atoms with Gasteiger partial charge in [-0.1, -0.05) is 18.2 Å². The molecule has 2 amide bonds. The van der Waals surface area contributed by atoms with Crippen LogP contribution >= 0.6 is 0 Å². The normalized spacial score (nSPS) is 13.8. The summed E-state index contributed by atoms with van der Waals surface area (Å²) < 4.78 is 5.41. The molecule has 1 aromatic heterocycles. The molecular formula is C21H26N4O3. The number of anilines is 2. The number of ether oxygens (including phenoxy) is 1. The highest BCUT2D eigenvalue weighted by molar-refractivity contribution is 5.94. The number of hydrogen-bond donors (Lipinski definition) is 1. The largest absolute Gasteiger partial charge is 0.378 e. The summed E-state index contributed by atoms with van der Waals surface area (Å²) in [7, 11) is 0. The Kier molecular flexibility index (Phi) is 6.97. The van der Waals surface area contributed by atoms with Gasteiger partial charge in [0.25, 0.3) is 0 Å². The number of nitrogens with one attached hydrogen (secondary N) is 1. The Hall–Kier alpha value is -2.93. The maximum atomic E-state index is 12.5. The van der Waals surface area contributed by atoms with Crippen molar-refractivity contribution in [1.82, 2.24) is 9.88 Å². The maximum absolute atomic E-state index is 12.5. The van der Waals surface area contributed by atoms with Crippen molar-refractivity contribution in [2.24, 2.45) is 0 Å². The molecule has 1 N–H and O–H groups in total. The summed E-state index contributed by atoms with van der Waals surface area (Å²) in [5, 5.41) is 2.99. The predicted molar refractivity (Wildman–Crippen MR) is 108 cm³/mol. The highest BCUT2D eigenvalue weighted by atomic mass is 16.5. The van der Waals surface area contributed by atoms with Gasteiger partial charge in [0.05, 0.1) is 24.6 Å².